The fraction of sp³-hybridized carbons (Fsp3) is 0.387. The first-order valence-electron chi connectivity index (χ1n) is 14.5. The highest BCUT2D eigenvalue weighted by Crippen LogP contribution is 2.40. The Morgan fingerprint density at radius 1 is 1.11 bits per heavy atom. The van der Waals surface area contributed by atoms with Crippen molar-refractivity contribution in [2.24, 2.45) is 0 Å². The summed E-state index contributed by atoms with van der Waals surface area (Å²) in [6.45, 7) is 5.09. The number of fused-ring (bicyclic) bond motifs is 5. The predicted molar refractivity (Wildman–Crippen MR) is 163 cm³/mol. The first-order chi connectivity index (χ1) is 21.2. The summed E-state index contributed by atoms with van der Waals surface area (Å²) in [6, 6.07) is 12.7. The summed E-state index contributed by atoms with van der Waals surface area (Å²) in [7, 11) is -2.64. The highest BCUT2D eigenvalue weighted by Gasteiger charge is 2.33. The molecule has 3 aliphatic rings. The van der Waals surface area contributed by atoms with Gasteiger partial charge in [0.25, 0.3) is 0 Å². The molecule has 3 aromatic carbocycles. The third-order valence-electron chi connectivity index (χ3n) is 8.06. The van der Waals surface area contributed by atoms with E-state index in [9.17, 15) is 13.2 Å². The van der Waals surface area contributed by atoms with Gasteiger partial charge in [-0.2, -0.15) is 12.7 Å². The van der Waals surface area contributed by atoms with E-state index < -0.39 is 16.2 Å². The number of carbonyl (C=O) groups is 1. The van der Waals surface area contributed by atoms with Crippen molar-refractivity contribution in [2.75, 3.05) is 20.3 Å². The third kappa shape index (κ3) is 5.81. The number of benzene rings is 3. The van der Waals surface area contributed by atoms with Gasteiger partial charge in [-0.15, -0.1) is 5.10 Å². The van der Waals surface area contributed by atoms with E-state index in [0.29, 0.717) is 41.3 Å². The van der Waals surface area contributed by atoms with Crippen LogP contribution in [0.2, 0.25) is 5.02 Å². The molecule has 0 radical (unpaired) electrons. The summed E-state index contributed by atoms with van der Waals surface area (Å²) in [5.74, 6) is 0.405. The number of aryl methyl sites for hydroxylation is 2. The van der Waals surface area contributed by atoms with Crippen molar-refractivity contribution in [3.63, 3.8) is 0 Å². The van der Waals surface area contributed by atoms with E-state index in [1.807, 2.05) is 29.8 Å². The summed E-state index contributed by atoms with van der Waals surface area (Å²) in [6.07, 6.45) is 1.64. The fourth-order valence-electron chi connectivity index (χ4n) is 5.83. The molecular weight excluding hydrogens is 608 g/mol. The van der Waals surface area contributed by atoms with Gasteiger partial charge in [0, 0.05) is 31.1 Å². The van der Waals surface area contributed by atoms with E-state index in [4.69, 9.17) is 30.0 Å². The lowest BCUT2D eigenvalue weighted by Crippen LogP contribution is -2.37. The molecule has 0 saturated carbocycles. The smallest absolute Gasteiger partial charge is 0.385 e. The van der Waals surface area contributed by atoms with Crippen LogP contribution in [-0.4, -0.2) is 54.0 Å². The molecule has 44 heavy (non-hydrogen) atoms. The maximum atomic E-state index is 13.2. The first kappa shape index (κ1) is 30.2. The van der Waals surface area contributed by atoms with Gasteiger partial charge in [0.1, 0.15) is 22.8 Å². The lowest BCUT2D eigenvalue weighted by molar-refractivity contribution is -0.143. The molecular formula is C31H33ClN4O7S. The molecule has 0 fully saturated rings. The quantitative estimate of drug-likeness (QED) is 0.274. The molecule has 7 rings (SSSR count). The molecule has 9 bridgehead atoms. The van der Waals surface area contributed by atoms with Crippen molar-refractivity contribution >= 4 is 38.9 Å². The van der Waals surface area contributed by atoms with Crippen LogP contribution >= 0.6 is 11.6 Å². The zero-order valence-corrected chi connectivity index (χ0v) is 26.3. The van der Waals surface area contributed by atoms with Crippen LogP contribution in [0.3, 0.4) is 0 Å². The van der Waals surface area contributed by atoms with Crippen LogP contribution in [0, 0.1) is 6.92 Å². The van der Waals surface area contributed by atoms with Crippen LogP contribution in [0.4, 0.5) is 0 Å². The van der Waals surface area contributed by atoms with Gasteiger partial charge >= 0.3 is 16.3 Å². The molecule has 3 aliphatic heterocycles. The number of aromatic nitrogens is 3. The maximum Gasteiger partial charge on any atom is 0.385 e. The molecule has 4 aromatic rings. The predicted octanol–water partition coefficient (Wildman–Crippen LogP) is 5.30. The molecule has 4 heterocycles. The molecule has 0 spiro atoms. The lowest BCUT2D eigenvalue weighted by Gasteiger charge is -2.29. The topological polar surface area (TPSA) is 122 Å². The third-order valence-corrected chi connectivity index (χ3v) is 9.77. The Labute approximate surface area is 260 Å². The van der Waals surface area contributed by atoms with Gasteiger partial charge in [-0.25, -0.2) is 4.68 Å². The molecule has 1 aromatic heterocycles. The number of esters is 1. The average molecular weight is 641 g/mol. The largest absolute Gasteiger partial charge is 0.495 e. The van der Waals surface area contributed by atoms with Crippen molar-refractivity contribution in [3.05, 3.63) is 75.3 Å². The summed E-state index contributed by atoms with van der Waals surface area (Å²) in [4.78, 5) is 12.9. The zero-order chi connectivity index (χ0) is 31.0. The Kier molecular flexibility index (Phi) is 8.40. The van der Waals surface area contributed by atoms with E-state index in [-0.39, 0.29) is 42.9 Å². The van der Waals surface area contributed by atoms with Gasteiger partial charge < -0.3 is 18.4 Å². The van der Waals surface area contributed by atoms with Crippen molar-refractivity contribution in [1.82, 2.24) is 19.3 Å². The Balaban J connectivity index is 1.51. The monoisotopic (exact) mass is 640 g/mol. The second-order valence-corrected chi connectivity index (χ2v) is 12.8. The van der Waals surface area contributed by atoms with E-state index >= 15 is 0 Å². The fourth-order valence-corrected chi connectivity index (χ4v) is 7.16. The van der Waals surface area contributed by atoms with Gasteiger partial charge in [0.05, 0.1) is 37.3 Å². The number of ether oxygens (including phenoxy) is 3. The van der Waals surface area contributed by atoms with Crippen LogP contribution in [-0.2, 0) is 39.5 Å². The van der Waals surface area contributed by atoms with Crippen LogP contribution in [0.5, 0.6) is 17.2 Å². The molecule has 0 saturated heterocycles. The standard InChI is InChI=1S/C31H33ClN4O7S/c1-4-41-29(37)16-25-20-13-22(30(32)28(15-20)40-3)18-35-17-21-14-23(7-10-27(21)43-44(35,38)39)42-12-6-5-11-36-26-9-8-24(25)19(2)31(26)33-34-36/h7-10,13-15,25H,4-6,11-12,16-18H2,1-3H3. The Hall–Kier alpha value is -3.87. The van der Waals surface area contributed by atoms with Gasteiger partial charge in [0.15, 0.2) is 0 Å². The molecule has 232 valence electrons. The molecule has 0 amide bonds. The lowest BCUT2D eigenvalue weighted by atomic mass is 9.84. The minimum atomic E-state index is -4.13. The molecule has 0 aliphatic carbocycles. The molecule has 11 nitrogen and oxygen atoms in total. The second-order valence-electron chi connectivity index (χ2n) is 10.9. The van der Waals surface area contributed by atoms with Crippen LogP contribution in [0.1, 0.15) is 59.9 Å². The number of hydrogen-bond donors (Lipinski definition) is 0. The van der Waals surface area contributed by atoms with Crippen molar-refractivity contribution in [3.8, 4) is 17.2 Å². The Bertz CT molecular complexity index is 1840. The highest BCUT2D eigenvalue weighted by atomic mass is 35.5. The molecule has 2 atom stereocenters. The Morgan fingerprint density at radius 3 is 2.73 bits per heavy atom. The first-order valence-corrected chi connectivity index (χ1v) is 16.2. The number of nitrogens with zero attached hydrogens (tertiary/aromatic N) is 4. The summed E-state index contributed by atoms with van der Waals surface area (Å²) < 4.78 is 52.0. The van der Waals surface area contributed by atoms with Gasteiger partial charge in [-0.05, 0) is 79.3 Å². The van der Waals surface area contributed by atoms with Crippen LogP contribution in [0.15, 0.2) is 42.5 Å². The highest BCUT2D eigenvalue weighted by molar-refractivity contribution is 7.84. The van der Waals surface area contributed by atoms with Crippen molar-refractivity contribution < 1.29 is 31.6 Å². The zero-order valence-electron chi connectivity index (χ0n) is 24.7. The van der Waals surface area contributed by atoms with Gasteiger partial charge in [0.2, 0.25) is 0 Å². The number of halogens is 1. The summed E-state index contributed by atoms with van der Waals surface area (Å²) in [5.41, 5.74) is 5.27. The normalized spacial score (nSPS) is 19.4. The SMILES string of the molecule is CCOC(=O)CC1c2cc(c(Cl)c(OC)c2)CN2Cc3cc(ccc3OS2(=O)=O)OCCCCn2nnc3c(C)c1ccc32. The van der Waals surface area contributed by atoms with Gasteiger partial charge in [-0.3, -0.25) is 4.79 Å². The van der Waals surface area contributed by atoms with Crippen LogP contribution in [0.25, 0.3) is 11.0 Å². The molecule has 13 heteroatoms. The van der Waals surface area contributed by atoms with Crippen molar-refractivity contribution in [1.29, 1.82) is 0 Å². The van der Waals surface area contributed by atoms with E-state index in [2.05, 4.69) is 10.3 Å². The maximum absolute atomic E-state index is 13.2. The number of methoxy groups -OCH3 is 1. The van der Waals surface area contributed by atoms with E-state index in [1.165, 1.54) is 11.4 Å². The summed E-state index contributed by atoms with van der Waals surface area (Å²) >= 11 is 6.78. The summed E-state index contributed by atoms with van der Waals surface area (Å²) in [5, 5.41) is 9.18. The molecule has 2 unspecified atom stereocenters. The van der Waals surface area contributed by atoms with Crippen LogP contribution < -0.4 is 13.7 Å². The average Bonchev–Trinajstić information content (AvgIpc) is 3.41. The minimum absolute atomic E-state index is 0.0415. The number of rotatable bonds is 4. The van der Waals surface area contributed by atoms with E-state index in [1.54, 1.807) is 31.2 Å². The van der Waals surface area contributed by atoms with E-state index in [0.717, 1.165) is 35.0 Å². The molecule has 0 N–H and O–H groups in total. The minimum Gasteiger partial charge on any atom is -0.495 e. The van der Waals surface area contributed by atoms with Crippen molar-refractivity contribution in [2.45, 2.75) is 58.7 Å². The van der Waals surface area contributed by atoms with Gasteiger partial charge in [-0.1, -0.05) is 28.9 Å². The number of hydrogen-bond acceptors (Lipinski definition) is 9. The number of carbonyl (C=O) groups excluding carboxylic acids is 1. The second kappa shape index (κ2) is 12.3. The Morgan fingerprint density at radius 2 is 1.93 bits per heavy atom.